The van der Waals surface area contributed by atoms with Crippen LogP contribution < -0.4 is 5.73 Å². The van der Waals surface area contributed by atoms with Gasteiger partial charge in [-0.25, -0.2) is 12.7 Å². The first-order valence-corrected chi connectivity index (χ1v) is 5.55. The van der Waals surface area contributed by atoms with Gasteiger partial charge in [0.2, 0.25) is 10.0 Å². The van der Waals surface area contributed by atoms with Crippen LogP contribution in [0.2, 0.25) is 0 Å². The van der Waals surface area contributed by atoms with Crippen LogP contribution in [0.1, 0.15) is 12.8 Å². The van der Waals surface area contributed by atoms with E-state index in [-0.39, 0.29) is 18.4 Å². The molecule has 1 heterocycles. The Bertz CT molecular complexity index is 230. The SMILES string of the molecule is CS(=O)(=O)N1CCCC(N)C1.Cl. The molecule has 0 aliphatic carbocycles. The third kappa shape index (κ3) is 3.26. The van der Waals surface area contributed by atoms with E-state index in [1.165, 1.54) is 10.6 Å². The molecule has 2 N–H and O–H groups in total. The Kier molecular flexibility index (Phi) is 4.47. The fourth-order valence-corrected chi connectivity index (χ4v) is 2.20. The fraction of sp³-hybridized carbons (Fsp3) is 1.00. The van der Waals surface area contributed by atoms with Crippen molar-refractivity contribution in [2.24, 2.45) is 5.73 Å². The summed E-state index contributed by atoms with van der Waals surface area (Å²) in [7, 11) is -3.01. The van der Waals surface area contributed by atoms with Crippen LogP contribution in [0.25, 0.3) is 0 Å². The predicted octanol–water partition coefficient (Wildman–Crippen LogP) is -0.209. The van der Waals surface area contributed by atoms with Crippen LogP contribution in [0.5, 0.6) is 0 Å². The first-order chi connectivity index (χ1) is 5.00. The number of hydrogen-bond acceptors (Lipinski definition) is 3. The van der Waals surface area contributed by atoms with E-state index in [9.17, 15) is 8.42 Å². The summed E-state index contributed by atoms with van der Waals surface area (Å²) in [5.74, 6) is 0. The minimum absolute atomic E-state index is 0. The molecule has 0 spiro atoms. The van der Waals surface area contributed by atoms with Gasteiger partial charge in [0.05, 0.1) is 6.26 Å². The predicted molar refractivity (Wildman–Crippen MR) is 50.9 cm³/mol. The zero-order valence-electron chi connectivity index (χ0n) is 7.06. The summed E-state index contributed by atoms with van der Waals surface area (Å²) < 4.78 is 23.5. The molecule has 1 unspecified atom stereocenters. The van der Waals surface area contributed by atoms with Crippen molar-refractivity contribution in [3.05, 3.63) is 0 Å². The zero-order valence-corrected chi connectivity index (χ0v) is 8.70. The Balaban J connectivity index is 0.00000121. The van der Waals surface area contributed by atoms with E-state index in [0.29, 0.717) is 13.1 Å². The Morgan fingerprint density at radius 1 is 1.50 bits per heavy atom. The third-order valence-corrected chi connectivity index (χ3v) is 3.16. The average Bonchev–Trinajstić information content (AvgIpc) is 1.86. The number of sulfonamides is 1. The second-order valence-corrected chi connectivity index (χ2v) is 5.01. The molecule has 0 aromatic carbocycles. The van der Waals surface area contributed by atoms with Gasteiger partial charge in [0, 0.05) is 19.1 Å². The Hall–Kier alpha value is 0.160. The van der Waals surface area contributed by atoms with Gasteiger partial charge in [-0.3, -0.25) is 0 Å². The molecular weight excluding hydrogens is 200 g/mol. The van der Waals surface area contributed by atoms with Crippen molar-refractivity contribution in [1.82, 2.24) is 4.31 Å². The number of piperidine rings is 1. The normalized spacial score (nSPS) is 26.3. The van der Waals surface area contributed by atoms with Gasteiger partial charge in [-0.2, -0.15) is 0 Å². The van der Waals surface area contributed by atoms with Crippen molar-refractivity contribution in [1.29, 1.82) is 0 Å². The van der Waals surface area contributed by atoms with E-state index in [2.05, 4.69) is 0 Å². The summed E-state index contributed by atoms with van der Waals surface area (Å²) in [4.78, 5) is 0. The lowest BCUT2D eigenvalue weighted by Gasteiger charge is -2.28. The molecule has 0 aromatic rings. The van der Waals surface area contributed by atoms with E-state index in [1.54, 1.807) is 0 Å². The smallest absolute Gasteiger partial charge is 0.211 e. The lowest BCUT2D eigenvalue weighted by molar-refractivity contribution is 0.318. The second-order valence-electron chi connectivity index (χ2n) is 3.02. The largest absolute Gasteiger partial charge is 0.327 e. The van der Waals surface area contributed by atoms with E-state index < -0.39 is 10.0 Å². The van der Waals surface area contributed by atoms with Crippen molar-refractivity contribution >= 4 is 22.4 Å². The highest BCUT2D eigenvalue weighted by Crippen LogP contribution is 2.10. The molecule has 1 fully saturated rings. The topological polar surface area (TPSA) is 63.4 Å². The number of nitrogens with two attached hydrogens (primary N) is 1. The van der Waals surface area contributed by atoms with Crippen LogP contribution >= 0.6 is 12.4 Å². The highest BCUT2D eigenvalue weighted by Gasteiger charge is 2.23. The standard InChI is InChI=1S/C6H14N2O2S.ClH/c1-11(9,10)8-4-2-3-6(7)5-8;/h6H,2-5,7H2,1H3;1H. The van der Waals surface area contributed by atoms with Crippen LogP contribution in [0.15, 0.2) is 0 Å². The molecule has 1 aliphatic heterocycles. The second kappa shape index (κ2) is 4.41. The molecule has 6 heteroatoms. The lowest BCUT2D eigenvalue weighted by atomic mass is 10.1. The molecule has 0 saturated carbocycles. The van der Waals surface area contributed by atoms with Crippen LogP contribution in [0.3, 0.4) is 0 Å². The Labute approximate surface area is 79.6 Å². The van der Waals surface area contributed by atoms with Crippen LogP contribution in [-0.2, 0) is 10.0 Å². The van der Waals surface area contributed by atoms with E-state index in [1.807, 2.05) is 0 Å². The molecule has 1 atom stereocenters. The lowest BCUT2D eigenvalue weighted by Crippen LogP contribution is -2.45. The molecule has 1 aliphatic rings. The van der Waals surface area contributed by atoms with Gasteiger partial charge in [0.15, 0.2) is 0 Å². The Morgan fingerprint density at radius 2 is 2.08 bits per heavy atom. The highest BCUT2D eigenvalue weighted by atomic mass is 35.5. The van der Waals surface area contributed by atoms with Crippen molar-refractivity contribution in [2.75, 3.05) is 19.3 Å². The molecule has 0 amide bonds. The quantitative estimate of drug-likeness (QED) is 0.657. The number of halogens is 1. The first kappa shape index (κ1) is 12.2. The van der Waals surface area contributed by atoms with Gasteiger partial charge in [0.1, 0.15) is 0 Å². The number of nitrogens with zero attached hydrogens (tertiary/aromatic N) is 1. The molecule has 1 saturated heterocycles. The fourth-order valence-electron chi connectivity index (χ4n) is 1.28. The zero-order chi connectivity index (χ0) is 8.48. The summed E-state index contributed by atoms with van der Waals surface area (Å²) in [5, 5.41) is 0. The summed E-state index contributed by atoms with van der Waals surface area (Å²) in [6.07, 6.45) is 3.05. The molecular formula is C6H15ClN2O2S. The Morgan fingerprint density at radius 3 is 2.42 bits per heavy atom. The van der Waals surface area contributed by atoms with Crippen LogP contribution in [0, 0.1) is 0 Å². The minimum Gasteiger partial charge on any atom is -0.327 e. The van der Waals surface area contributed by atoms with Gasteiger partial charge in [-0.1, -0.05) is 0 Å². The van der Waals surface area contributed by atoms with Crippen molar-refractivity contribution < 1.29 is 8.42 Å². The first-order valence-electron chi connectivity index (χ1n) is 3.71. The third-order valence-electron chi connectivity index (χ3n) is 1.89. The summed E-state index contributed by atoms with van der Waals surface area (Å²) >= 11 is 0. The average molecular weight is 215 g/mol. The van der Waals surface area contributed by atoms with E-state index in [4.69, 9.17) is 5.73 Å². The van der Waals surface area contributed by atoms with E-state index >= 15 is 0 Å². The molecule has 12 heavy (non-hydrogen) atoms. The molecule has 0 aromatic heterocycles. The highest BCUT2D eigenvalue weighted by molar-refractivity contribution is 7.88. The number of hydrogen-bond donors (Lipinski definition) is 1. The van der Waals surface area contributed by atoms with Crippen molar-refractivity contribution in [3.63, 3.8) is 0 Å². The van der Waals surface area contributed by atoms with Gasteiger partial charge >= 0.3 is 0 Å². The van der Waals surface area contributed by atoms with Gasteiger partial charge in [0.25, 0.3) is 0 Å². The maximum atomic E-state index is 11.0. The molecule has 0 radical (unpaired) electrons. The molecule has 4 nitrogen and oxygen atoms in total. The minimum atomic E-state index is -3.01. The monoisotopic (exact) mass is 214 g/mol. The van der Waals surface area contributed by atoms with Crippen molar-refractivity contribution in [2.45, 2.75) is 18.9 Å². The number of rotatable bonds is 1. The molecule has 0 bridgehead atoms. The summed E-state index contributed by atoms with van der Waals surface area (Å²) in [6, 6.07) is 0.0264. The van der Waals surface area contributed by atoms with Crippen molar-refractivity contribution in [3.8, 4) is 0 Å². The summed E-state index contributed by atoms with van der Waals surface area (Å²) in [5.41, 5.74) is 5.62. The molecule has 1 rings (SSSR count). The van der Waals surface area contributed by atoms with Gasteiger partial charge in [-0.15, -0.1) is 12.4 Å². The van der Waals surface area contributed by atoms with E-state index in [0.717, 1.165) is 12.8 Å². The van der Waals surface area contributed by atoms with Gasteiger partial charge < -0.3 is 5.73 Å². The van der Waals surface area contributed by atoms with Crippen LogP contribution in [0.4, 0.5) is 0 Å². The maximum absolute atomic E-state index is 11.0. The molecule has 74 valence electrons. The summed E-state index contributed by atoms with van der Waals surface area (Å²) in [6.45, 7) is 1.12. The van der Waals surface area contributed by atoms with Gasteiger partial charge in [-0.05, 0) is 12.8 Å². The van der Waals surface area contributed by atoms with Crippen LogP contribution in [-0.4, -0.2) is 38.1 Å². The maximum Gasteiger partial charge on any atom is 0.211 e.